The van der Waals surface area contributed by atoms with Crippen LogP contribution in [-0.2, 0) is 13.0 Å². The highest BCUT2D eigenvalue weighted by Crippen LogP contribution is 2.19. The Kier molecular flexibility index (Phi) is 4.31. The summed E-state index contributed by atoms with van der Waals surface area (Å²) in [5.41, 5.74) is 1.94. The molecule has 4 rings (SSSR count). The first-order valence-corrected chi connectivity index (χ1v) is 8.46. The number of nitrogens with zero attached hydrogens (tertiary/aromatic N) is 3. The minimum absolute atomic E-state index is 0.190. The van der Waals surface area contributed by atoms with Crippen LogP contribution in [0.1, 0.15) is 12.0 Å². The van der Waals surface area contributed by atoms with Crippen LogP contribution in [0.15, 0.2) is 65.7 Å². The largest absolute Gasteiger partial charge is 0.325 e. The zero-order valence-corrected chi connectivity index (χ0v) is 14.0. The highest BCUT2D eigenvalue weighted by molar-refractivity contribution is 5.72. The van der Waals surface area contributed by atoms with Crippen LogP contribution in [0.25, 0.3) is 22.6 Å². The van der Waals surface area contributed by atoms with Gasteiger partial charge in [0.25, 0.3) is 5.56 Å². The molecule has 6 heteroatoms. The van der Waals surface area contributed by atoms with Crippen LogP contribution in [0.2, 0.25) is 0 Å². The number of H-pyrrole nitrogens is 1. The number of halogens is 1. The van der Waals surface area contributed by atoms with E-state index in [4.69, 9.17) is 0 Å². The Morgan fingerprint density at radius 2 is 1.81 bits per heavy atom. The zero-order valence-electron chi connectivity index (χ0n) is 14.0. The van der Waals surface area contributed by atoms with E-state index in [0.29, 0.717) is 17.7 Å². The van der Waals surface area contributed by atoms with Crippen LogP contribution in [0.3, 0.4) is 0 Å². The molecule has 5 nitrogen and oxygen atoms in total. The lowest BCUT2D eigenvalue weighted by Crippen LogP contribution is -2.14. The number of nitrogens with one attached hydrogen (secondary N) is 1. The molecule has 0 bridgehead atoms. The summed E-state index contributed by atoms with van der Waals surface area (Å²) in [6.07, 6.45) is 3.41. The van der Waals surface area contributed by atoms with Gasteiger partial charge in [-0.3, -0.25) is 4.79 Å². The molecule has 0 unspecified atom stereocenters. The SMILES string of the molecule is O=c1[nH]c(-c2ccccc2F)nc2ncn(CCCc3ccccc3)c12. The van der Waals surface area contributed by atoms with E-state index >= 15 is 0 Å². The number of hydrogen-bond donors (Lipinski definition) is 1. The van der Waals surface area contributed by atoms with Crippen molar-refractivity contribution in [1.29, 1.82) is 0 Å². The van der Waals surface area contributed by atoms with Gasteiger partial charge in [-0.15, -0.1) is 0 Å². The van der Waals surface area contributed by atoms with Crippen molar-refractivity contribution in [3.05, 3.63) is 82.7 Å². The Hall–Kier alpha value is -3.28. The minimum atomic E-state index is -0.433. The van der Waals surface area contributed by atoms with E-state index in [1.807, 2.05) is 18.2 Å². The molecule has 0 saturated heterocycles. The van der Waals surface area contributed by atoms with Gasteiger partial charge in [0.15, 0.2) is 11.2 Å². The molecule has 2 aromatic carbocycles. The molecule has 0 atom stereocenters. The third-order valence-corrected chi connectivity index (χ3v) is 4.32. The van der Waals surface area contributed by atoms with Gasteiger partial charge < -0.3 is 9.55 Å². The second-order valence-corrected chi connectivity index (χ2v) is 6.09. The fourth-order valence-electron chi connectivity index (χ4n) is 3.03. The molecule has 0 amide bonds. The first kappa shape index (κ1) is 16.2. The number of aromatic amines is 1. The molecule has 0 radical (unpaired) electrons. The smallest absolute Gasteiger partial charge is 0.277 e. The van der Waals surface area contributed by atoms with E-state index in [1.165, 1.54) is 11.6 Å². The topological polar surface area (TPSA) is 63.6 Å². The van der Waals surface area contributed by atoms with Gasteiger partial charge in [-0.2, -0.15) is 0 Å². The highest BCUT2D eigenvalue weighted by Gasteiger charge is 2.13. The second kappa shape index (κ2) is 6.92. The van der Waals surface area contributed by atoms with Gasteiger partial charge in [-0.25, -0.2) is 14.4 Å². The molecule has 4 aromatic rings. The van der Waals surface area contributed by atoms with E-state index in [9.17, 15) is 9.18 Å². The number of imidazole rings is 1. The number of rotatable bonds is 5. The monoisotopic (exact) mass is 348 g/mol. The summed E-state index contributed by atoms with van der Waals surface area (Å²) in [7, 11) is 0. The van der Waals surface area contributed by atoms with Gasteiger partial charge in [-0.05, 0) is 30.5 Å². The number of aromatic nitrogens is 4. The van der Waals surface area contributed by atoms with Gasteiger partial charge in [0.2, 0.25) is 0 Å². The van der Waals surface area contributed by atoms with E-state index < -0.39 is 5.82 Å². The summed E-state index contributed by atoms with van der Waals surface area (Å²) in [6, 6.07) is 16.4. The quantitative estimate of drug-likeness (QED) is 0.600. The molecule has 2 aromatic heterocycles. The lowest BCUT2D eigenvalue weighted by Gasteiger charge is -2.05. The predicted octanol–water partition coefficient (Wildman–Crippen LogP) is 3.56. The lowest BCUT2D eigenvalue weighted by atomic mass is 10.1. The molecule has 26 heavy (non-hydrogen) atoms. The van der Waals surface area contributed by atoms with E-state index in [1.54, 1.807) is 29.1 Å². The summed E-state index contributed by atoms with van der Waals surface area (Å²) < 4.78 is 15.8. The number of fused-ring (bicyclic) bond motifs is 1. The van der Waals surface area contributed by atoms with Crippen molar-refractivity contribution in [2.75, 3.05) is 0 Å². The van der Waals surface area contributed by atoms with Gasteiger partial charge in [0, 0.05) is 6.54 Å². The number of benzene rings is 2. The molecule has 0 spiro atoms. The Bertz CT molecular complexity index is 1100. The van der Waals surface area contributed by atoms with Crippen LogP contribution in [0.4, 0.5) is 4.39 Å². The summed E-state index contributed by atoms with van der Waals surface area (Å²) in [5, 5.41) is 0. The van der Waals surface area contributed by atoms with Crippen molar-refractivity contribution in [2.45, 2.75) is 19.4 Å². The van der Waals surface area contributed by atoms with Crippen molar-refractivity contribution in [3.63, 3.8) is 0 Å². The molecule has 0 saturated carbocycles. The van der Waals surface area contributed by atoms with Gasteiger partial charge in [0.05, 0.1) is 11.9 Å². The van der Waals surface area contributed by atoms with E-state index in [2.05, 4.69) is 27.1 Å². The second-order valence-electron chi connectivity index (χ2n) is 6.09. The maximum Gasteiger partial charge on any atom is 0.277 e. The Morgan fingerprint density at radius 3 is 2.62 bits per heavy atom. The number of hydrogen-bond acceptors (Lipinski definition) is 3. The fourth-order valence-corrected chi connectivity index (χ4v) is 3.03. The standard InChI is InChI=1S/C20H17FN4O/c21-16-11-5-4-10-15(16)18-23-19-17(20(26)24-18)25(13-22-19)12-6-9-14-7-2-1-3-8-14/h1-5,7-8,10-11,13H,6,9,12H2,(H,23,24,26). The molecular formula is C20H17FN4O. The summed E-state index contributed by atoms with van der Waals surface area (Å²) in [4.78, 5) is 23.8. The van der Waals surface area contributed by atoms with Crippen molar-refractivity contribution < 1.29 is 4.39 Å². The highest BCUT2D eigenvalue weighted by atomic mass is 19.1. The van der Waals surface area contributed by atoms with Crippen LogP contribution in [-0.4, -0.2) is 19.5 Å². The van der Waals surface area contributed by atoms with Gasteiger partial charge >= 0.3 is 0 Å². The third-order valence-electron chi connectivity index (χ3n) is 4.32. The normalized spacial score (nSPS) is 11.1. The fraction of sp³-hybridized carbons (Fsp3) is 0.150. The summed E-state index contributed by atoms with van der Waals surface area (Å²) in [6.45, 7) is 0.662. The zero-order chi connectivity index (χ0) is 17.9. The molecule has 1 N–H and O–H groups in total. The molecular weight excluding hydrogens is 331 g/mol. The number of aryl methyl sites for hydroxylation is 2. The van der Waals surface area contributed by atoms with E-state index in [-0.39, 0.29) is 16.9 Å². The van der Waals surface area contributed by atoms with Crippen molar-refractivity contribution in [2.24, 2.45) is 0 Å². The average molecular weight is 348 g/mol. The Morgan fingerprint density at radius 1 is 1.04 bits per heavy atom. The molecule has 0 aliphatic heterocycles. The third kappa shape index (κ3) is 3.13. The van der Waals surface area contributed by atoms with E-state index in [0.717, 1.165) is 12.8 Å². The average Bonchev–Trinajstić information content (AvgIpc) is 3.06. The lowest BCUT2D eigenvalue weighted by molar-refractivity contribution is 0.630. The van der Waals surface area contributed by atoms with Crippen LogP contribution < -0.4 is 5.56 Å². The summed E-state index contributed by atoms with van der Waals surface area (Å²) >= 11 is 0. The molecule has 0 fully saturated rings. The molecule has 130 valence electrons. The molecule has 2 heterocycles. The van der Waals surface area contributed by atoms with Crippen molar-refractivity contribution in [1.82, 2.24) is 19.5 Å². The first-order valence-electron chi connectivity index (χ1n) is 8.46. The van der Waals surface area contributed by atoms with Crippen LogP contribution >= 0.6 is 0 Å². The van der Waals surface area contributed by atoms with Gasteiger partial charge in [0.1, 0.15) is 11.6 Å². The first-order chi connectivity index (χ1) is 12.7. The van der Waals surface area contributed by atoms with Crippen molar-refractivity contribution in [3.8, 4) is 11.4 Å². The van der Waals surface area contributed by atoms with Crippen molar-refractivity contribution >= 4 is 11.2 Å². The summed E-state index contributed by atoms with van der Waals surface area (Å²) in [5.74, 6) is -0.243. The Labute approximate surface area is 149 Å². The molecule has 0 aliphatic rings. The minimum Gasteiger partial charge on any atom is -0.325 e. The van der Waals surface area contributed by atoms with Gasteiger partial charge in [-0.1, -0.05) is 42.5 Å². The maximum absolute atomic E-state index is 14.0. The maximum atomic E-state index is 14.0. The van der Waals surface area contributed by atoms with Crippen LogP contribution in [0, 0.1) is 5.82 Å². The predicted molar refractivity (Wildman–Crippen MR) is 98.3 cm³/mol. The molecule has 0 aliphatic carbocycles. The Balaban J connectivity index is 1.60. The van der Waals surface area contributed by atoms with Crippen LogP contribution in [0.5, 0.6) is 0 Å².